The van der Waals surface area contributed by atoms with E-state index in [4.69, 9.17) is 21.4 Å². The molecule has 0 bridgehead atoms. The van der Waals surface area contributed by atoms with Crippen molar-refractivity contribution >= 4 is 17.3 Å². The normalized spacial score (nSPS) is 23.6. The van der Waals surface area contributed by atoms with Crippen molar-refractivity contribution in [3.05, 3.63) is 53.7 Å². The molecule has 2 aromatic heterocycles. The predicted molar refractivity (Wildman–Crippen MR) is 107 cm³/mol. The Labute approximate surface area is 165 Å². The fraction of sp³-hybridized carbons (Fsp3) is 0.500. The molecular formula is C20H26N4O2S. The number of hydrogen-bond acceptors (Lipinski definition) is 5. The first-order chi connectivity index (χ1) is 13.2. The molecule has 4 heterocycles. The Bertz CT molecular complexity index is 760. The number of thiocarbonyl (C=S) groups is 1. The lowest BCUT2D eigenvalue weighted by molar-refractivity contribution is 0.0365. The minimum Gasteiger partial charge on any atom is -0.464 e. The van der Waals surface area contributed by atoms with Gasteiger partial charge in [0.2, 0.25) is 0 Å². The van der Waals surface area contributed by atoms with Gasteiger partial charge in [0.1, 0.15) is 17.6 Å². The summed E-state index contributed by atoms with van der Waals surface area (Å²) in [5.74, 6) is 1.85. The molecule has 2 saturated heterocycles. The van der Waals surface area contributed by atoms with E-state index in [1.807, 2.05) is 37.4 Å². The number of morpholine rings is 1. The zero-order valence-electron chi connectivity index (χ0n) is 15.6. The van der Waals surface area contributed by atoms with Crippen molar-refractivity contribution in [3.8, 4) is 0 Å². The number of rotatable bonds is 6. The van der Waals surface area contributed by atoms with Gasteiger partial charge in [-0.15, -0.1) is 0 Å². The van der Waals surface area contributed by atoms with Crippen LogP contribution in [0.3, 0.4) is 0 Å². The first kappa shape index (κ1) is 18.4. The van der Waals surface area contributed by atoms with Crippen LogP contribution in [0.5, 0.6) is 0 Å². The molecule has 0 spiro atoms. The van der Waals surface area contributed by atoms with Crippen LogP contribution in [-0.4, -0.2) is 59.3 Å². The van der Waals surface area contributed by atoms with Crippen molar-refractivity contribution in [1.29, 1.82) is 0 Å². The van der Waals surface area contributed by atoms with E-state index in [1.165, 1.54) is 0 Å². The van der Waals surface area contributed by atoms with Gasteiger partial charge in [-0.05, 0) is 49.8 Å². The second-order valence-electron chi connectivity index (χ2n) is 7.08. The Hall–Kier alpha value is -1.96. The highest BCUT2D eigenvalue weighted by Crippen LogP contribution is 2.39. The summed E-state index contributed by atoms with van der Waals surface area (Å²) in [6.07, 6.45) is 2.87. The van der Waals surface area contributed by atoms with Gasteiger partial charge >= 0.3 is 0 Å². The molecule has 0 radical (unpaired) electrons. The zero-order chi connectivity index (χ0) is 18.6. The number of ether oxygens (including phenoxy) is 1. The highest BCUT2D eigenvalue weighted by molar-refractivity contribution is 7.80. The largest absolute Gasteiger partial charge is 0.464 e. The van der Waals surface area contributed by atoms with Crippen LogP contribution in [0, 0.1) is 6.92 Å². The van der Waals surface area contributed by atoms with Crippen molar-refractivity contribution in [3.63, 3.8) is 0 Å². The van der Waals surface area contributed by atoms with Gasteiger partial charge in [-0.25, -0.2) is 0 Å². The third-order valence-corrected chi connectivity index (χ3v) is 5.58. The maximum Gasteiger partial charge on any atom is 0.170 e. The first-order valence-electron chi connectivity index (χ1n) is 9.57. The molecule has 0 amide bonds. The second kappa shape index (κ2) is 8.37. The molecule has 1 N–H and O–H groups in total. The van der Waals surface area contributed by atoms with E-state index in [0.29, 0.717) is 0 Å². The smallest absolute Gasteiger partial charge is 0.170 e. The molecule has 6 nitrogen and oxygen atoms in total. The molecule has 2 fully saturated rings. The van der Waals surface area contributed by atoms with Gasteiger partial charge < -0.3 is 19.4 Å². The minimum absolute atomic E-state index is 0.00682. The molecular weight excluding hydrogens is 360 g/mol. The first-order valence-corrected chi connectivity index (χ1v) is 9.98. The van der Waals surface area contributed by atoms with Gasteiger partial charge in [-0.1, -0.05) is 6.07 Å². The van der Waals surface area contributed by atoms with Crippen LogP contribution in [0.15, 0.2) is 40.9 Å². The lowest BCUT2D eigenvalue weighted by Crippen LogP contribution is -2.38. The Balaban J connectivity index is 1.50. The van der Waals surface area contributed by atoms with E-state index in [1.54, 1.807) is 0 Å². The molecule has 144 valence electrons. The molecule has 4 rings (SSSR count). The van der Waals surface area contributed by atoms with E-state index in [0.717, 1.165) is 68.1 Å². The van der Waals surface area contributed by atoms with Crippen LogP contribution in [0.1, 0.15) is 35.7 Å². The van der Waals surface area contributed by atoms with Crippen molar-refractivity contribution in [2.75, 3.05) is 39.4 Å². The van der Waals surface area contributed by atoms with Crippen LogP contribution >= 0.6 is 12.2 Å². The maximum atomic E-state index is 6.00. The molecule has 7 heteroatoms. The molecule has 2 aromatic rings. The van der Waals surface area contributed by atoms with Crippen molar-refractivity contribution in [2.45, 2.75) is 25.4 Å². The molecule has 0 aliphatic carbocycles. The molecule has 0 saturated carbocycles. The highest BCUT2D eigenvalue weighted by Gasteiger charge is 2.41. The van der Waals surface area contributed by atoms with Crippen LogP contribution in [-0.2, 0) is 4.74 Å². The lowest BCUT2D eigenvalue weighted by atomic mass is 10.0. The second-order valence-corrected chi connectivity index (χ2v) is 7.46. The van der Waals surface area contributed by atoms with Gasteiger partial charge in [0.15, 0.2) is 5.11 Å². The quantitative estimate of drug-likeness (QED) is 0.766. The molecule has 0 unspecified atom stereocenters. The Morgan fingerprint density at radius 1 is 1.19 bits per heavy atom. The predicted octanol–water partition coefficient (Wildman–Crippen LogP) is 2.68. The number of aromatic nitrogens is 1. The third kappa shape index (κ3) is 4.15. The number of hydrogen-bond donors (Lipinski definition) is 1. The summed E-state index contributed by atoms with van der Waals surface area (Å²) >= 11 is 5.68. The zero-order valence-corrected chi connectivity index (χ0v) is 16.5. The van der Waals surface area contributed by atoms with Gasteiger partial charge in [-0.2, -0.15) is 0 Å². The Kier molecular flexibility index (Phi) is 5.71. The minimum atomic E-state index is -0.00682. The topological polar surface area (TPSA) is 53.8 Å². The summed E-state index contributed by atoms with van der Waals surface area (Å²) in [6.45, 7) is 7.61. The number of pyridine rings is 1. The monoisotopic (exact) mass is 386 g/mol. The third-order valence-electron chi connectivity index (χ3n) is 5.23. The summed E-state index contributed by atoms with van der Waals surface area (Å²) in [5, 5.41) is 4.24. The summed E-state index contributed by atoms with van der Waals surface area (Å²) < 4.78 is 11.4. The Morgan fingerprint density at radius 3 is 2.74 bits per heavy atom. The van der Waals surface area contributed by atoms with Gasteiger partial charge in [-0.3, -0.25) is 9.88 Å². The van der Waals surface area contributed by atoms with Gasteiger partial charge in [0, 0.05) is 32.4 Å². The van der Waals surface area contributed by atoms with E-state index in [9.17, 15) is 0 Å². The van der Waals surface area contributed by atoms with Crippen LogP contribution < -0.4 is 5.32 Å². The number of nitrogens with one attached hydrogen (secondary N) is 1. The number of nitrogens with zero attached hydrogens (tertiary/aromatic N) is 3. The summed E-state index contributed by atoms with van der Waals surface area (Å²) in [4.78, 5) is 9.27. The van der Waals surface area contributed by atoms with E-state index in [-0.39, 0.29) is 12.1 Å². The fourth-order valence-electron chi connectivity index (χ4n) is 3.86. The Morgan fingerprint density at radius 2 is 2.04 bits per heavy atom. The SMILES string of the molecule is Cc1ccc([C@@H]2[C@@H](c3ccccn3)NC(=S)N2CCCN2CCOCC2)o1. The van der Waals surface area contributed by atoms with Crippen LogP contribution in [0.2, 0.25) is 0 Å². The van der Waals surface area contributed by atoms with E-state index >= 15 is 0 Å². The van der Waals surface area contributed by atoms with Crippen molar-refractivity contribution in [2.24, 2.45) is 0 Å². The molecule has 0 aromatic carbocycles. The van der Waals surface area contributed by atoms with Crippen molar-refractivity contribution in [1.82, 2.24) is 20.1 Å². The van der Waals surface area contributed by atoms with Gasteiger partial charge in [0.05, 0.1) is 24.9 Å². The summed E-state index contributed by atoms with van der Waals surface area (Å²) in [6, 6.07) is 10.1. The highest BCUT2D eigenvalue weighted by atomic mass is 32.1. The number of aryl methyl sites for hydroxylation is 1. The molecule has 2 atom stereocenters. The van der Waals surface area contributed by atoms with Crippen LogP contribution in [0.4, 0.5) is 0 Å². The summed E-state index contributed by atoms with van der Waals surface area (Å²) in [7, 11) is 0. The molecule has 27 heavy (non-hydrogen) atoms. The maximum absolute atomic E-state index is 6.00. The van der Waals surface area contributed by atoms with Crippen LogP contribution in [0.25, 0.3) is 0 Å². The number of furan rings is 1. The fourth-order valence-corrected chi connectivity index (χ4v) is 4.19. The van der Waals surface area contributed by atoms with Gasteiger partial charge in [0.25, 0.3) is 0 Å². The van der Waals surface area contributed by atoms with E-state index < -0.39 is 0 Å². The average molecular weight is 387 g/mol. The average Bonchev–Trinajstić information content (AvgIpc) is 3.27. The summed E-state index contributed by atoms with van der Waals surface area (Å²) in [5.41, 5.74) is 0.981. The standard InChI is InChI=1S/C20H26N4O2S/c1-15-6-7-17(26-15)19-18(16-5-2-3-8-21-16)22-20(27)24(19)10-4-9-23-11-13-25-14-12-23/h2-3,5-8,18-19H,4,9-14H2,1H3,(H,22,27)/t18-,19-/m1/s1. The van der Waals surface area contributed by atoms with Crippen molar-refractivity contribution < 1.29 is 9.15 Å². The van der Waals surface area contributed by atoms with E-state index in [2.05, 4.69) is 26.2 Å². The molecule has 2 aliphatic heterocycles. The molecule has 2 aliphatic rings. The lowest BCUT2D eigenvalue weighted by Gasteiger charge is -2.29.